The predicted octanol–water partition coefficient (Wildman–Crippen LogP) is 3.08. The number of hydrogen-bond donors (Lipinski definition) is 1. The van der Waals surface area contributed by atoms with Crippen LogP contribution in [0, 0.1) is 0 Å². The van der Waals surface area contributed by atoms with Gasteiger partial charge in [0.15, 0.2) is 0 Å². The Morgan fingerprint density at radius 3 is 3.23 bits per heavy atom. The van der Waals surface area contributed by atoms with Gasteiger partial charge in [-0.05, 0) is 52.4 Å². The Hall–Kier alpha value is -1.24. The van der Waals surface area contributed by atoms with Gasteiger partial charge in [0.05, 0.1) is 5.56 Å². The number of pyridine rings is 1. The number of amides is 1. The van der Waals surface area contributed by atoms with Crippen molar-refractivity contribution in [3.63, 3.8) is 0 Å². The van der Waals surface area contributed by atoms with Gasteiger partial charge in [0.25, 0.3) is 5.91 Å². The van der Waals surface area contributed by atoms with Crippen LogP contribution in [-0.4, -0.2) is 34.9 Å². The third kappa shape index (κ3) is 3.56. The normalized spacial score (nSPS) is 16.1. The zero-order valence-corrected chi connectivity index (χ0v) is 14.8. The molecule has 2 aromatic heterocycles. The average molecular weight is 380 g/mol. The highest BCUT2D eigenvalue weighted by atomic mass is 79.9. The molecule has 0 saturated heterocycles. The van der Waals surface area contributed by atoms with E-state index in [9.17, 15) is 4.79 Å². The minimum absolute atomic E-state index is 0.0751. The molecule has 1 atom stereocenters. The van der Waals surface area contributed by atoms with Crippen molar-refractivity contribution < 1.29 is 4.79 Å². The highest BCUT2D eigenvalue weighted by Gasteiger charge is 2.21. The van der Waals surface area contributed by atoms with Crippen molar-refractivity contribution >= 4 is 33.2 Å². The smallest absolute Gasteiger partial charge is 0.252 e. The summed E-state index contributed by atoms with van der Waals surface area (Å²) in [7, 11) is 0. The molecule has 3 rings (SSSR count). The van der Waals surface area contributed by atoms with Crippen molar-refractivity contribution in [3.8, 4) is 0 Å². The van der Waals surface area contributed by atoms with Crippen LogP contribution < -0.4 is 5.32 Å². The second kappa shape index (κ2) is 6.89. The maximum absolute atomic E-state index is 12.2. The molecular formula is C16H18BrN3OS. The monoisotopic (exact) mass is 379 g/mol. The summed E-state index contributed by atoms with van der Waals surface area (Å²) in [5.74, 6) is -0.0751. The van der Waals surface area contributed by atoms with Crippen LogP contribution in [0.15, 0.2) is 34.4 Å². The van der Waals surface area contributed by atoms with E-state index in [1.54, 1.807) is 18.5 Å². The van der Waals surface area contributed by atoms with Gasteiger partial charge in [-0.25, -0.2) is 0 Å². The fourth-order valence-electron chi connectivity index (χ4n) is 2.65. The average Bonchev–Trinajstić information content (AvgIpc) is 2.99. The van der Waals surface area contributed by atoms with Crippen molar-refractivity contribution in [3.05, 3.63) is 50.4 Å². The third-order valence-electron chi connectivity index (χ3n) is 3.99. The first-order valence-electron chi connectivity index (χ1n) is 7.31. The van der Waals surface area contributed by atoms with E-state index in [-0.39, 0.29) is 5.91 Å². The predicted molar refractivity (Wildman–Crippen MR) is 92.2 cm³/mol. The molecule has 4 nitrogen and oxygen atoms in total. The van der Waals surface area contributed by atoms with Gasteiger partial charge in [0, 0.05) is 47.4 Å². The van der Waals surface area contributed by atoms with Gasteiger partial charge in [-0.2, -0.15) is 0 Å². The number of fused-ring (bicyclic) bond motifs is 1. The maximum atomic E-state index is 12.2. The first kappa shape index (κ1) is 15.6. The summed E-state index contributed by atoms with van der Waals surface area (Å²) in [5, 5.41) is 5.17. The molecule has 1 aliphatic heterocycles. The van der Waals surface area contributed by atoms with E-state index in [0.717, 1.165) is 24.0 Å². The molecule has 0 saturated carbocycles. The summed E-state index contributed by atoms with van der Waals surface area (Å²) >= 11 is 5.18. The molecule has 2 aromatic rings. The summed E-state index contributed by atoms with van der Waals surface area (Å²) in [5.41, 5.74) is 2.02. The zero-order valence-electron chi connectivity index (χ0n) is 12.4. The number of rotatable bonds is 4. The van der Waals surface area contributed by atoms with Crippen LogP contribution in [0.3, 0.4) is 0 Å². The van der Waals surface area contributed by atoms with Gasteiger partial charge < -0.3 is 5.32 Å². The molecule has 0 fully saturated rings. The first-order valence-corrected chi connectivity index (χ1v) is 8.99. The molecule has 116 valence electrons. The Kier molecular flexibility index (Phi) is 4.90. The molecule has 1 amide bonds. The molecule has 1 N–H and O–H groups in total. The van der Waals surface area contributed by atoms with Gasteiger partial charge in [0.1, 0.15) is 0 Å². The first-order chi connectivity index (χ1) is 10.6. The Morgan fingerprint density at radius 2 is 2.41 bits per heavy atom. The molecule has 0 radical (unpaired) electrons. The Balaban J connectivity index is 1.54. The van der Waals surface area contributed by atoms with Crippen molar-refractivity contribution in [1.82, 2.24) is 15.2 Å². The second-order valence-corrected chi connectivity index (χ2v) is 7.46. The van der Waals surface area contributed by atoms with Crippen LogP contribution in [0.2, 0.25) is 0 Å². The van der Waals surface area contributed by atoms with E-state index in [4.69, 9.17) is 0 Å². The number of thiophene rings is 1. The van der Waals surface area contributed by atoms with Crippen LogP contribution in [-0.2, 0) is 13.0 Å². The number of carbonyl (C=O) groups is 1. The number of nitrogens with one attached hydrogen (secondary N) is 1. The molecule has 0 unspecified atom stereocenters. The fraction of sp³-hybridized carbons (Fsp3) is 0.375. The Bertz CT molecular complexity index is 673. The van der Waals surface area contributed by atoms with Crippen molar-refractivity contribution in [2.75, 3.05) is 13.1 Å². The van der Waals surface area contributed by atoms with Crippen LogP contribution in [0.5, 0.6) is 0 Å². The van der Waals surface area contributed by atoms with Crippen molar-refractivity contribution in [1.29, 1.82) is 0 Å². The summed E-state index contributed by atoms with van der Waals surface area (Å²) in [4.78, 5) is 20.1. The lowest BCUT2D eigenvalue weighted by atomic mass is 10.1. The van der Waals surface area contributed by atoms with E-state index >= 15 is 0 Å². The molecule has 1 aliphatic rings. The van der Waals surface area contributed by atoms with Crippen LogP contribution in [0.4, 0.5) is 0 Å². The molecule has 3 heterocycles. The lowest BCUT2D eigenvalue weighted by Crippen LogP contribution is -2.44. The van der Waals surface area contributed by atoms with Crippen molar-refractivity contribution in [2.24, 2.45) is 0 Å². The molecule has 0 aliphatic carbocycles. The van der Waals surface area contributed by atoms with E-state index in [2.05, 4.69) is 49.5 Å². The lowest BCUT2D eigenvalue weighted by molar-refractivity contribution is 0.0932. The van der Waals surface area contributed by atoms with E-state index in [1.807, 2.05) is 11.3 Å². The zero-order chi connectivity index (χ0) is 15.5. The Morgan fingerprint density at radius 1 is 1.55 bits per heavy atom. The van der Waals surface area contributed by atoms with E-state index in [1.165, 1.54) is 10.4 Å². The lowest BCUT2D eigenvalue weighted by Gasteiger charge is -2.32. The highest BCUT2D eigenvalue weighted by Crippen LogP contribution is 2.24. The highest BCUT2D eigenvalue weighted by molar-refractivity contribution is 9.10. The van der Waals surface area contributed by atoms with Gasteiger partial charge in [-0.3, -0.25) is 14.7 Å². The molecule has 6 heteroatoms. The van der Waals surface area contributed by atoms with Crippen LogP contribution >= 0.6 is 27.3 Å². The molecular weight excluding hydrogens is 362 g/mol. The second-order valence-electron chi connectivity index (χ2n) is 5.54. The van der Waals surface area contributed by atoms with Gasteiger partial charge in [0.2, 0.25) is 0 Å². The largest absolute Gasteiger partial charge is 0.350 e. The van der Waals surface area contributed by atoms with Crippen molar-refractivity contribution in [2.45, 2.75) is 25.9 Å². The number of carbonyl (C=O) groups excluding carboxylic acids is 1. The summed E-state index contributed by atoms with van der Waals surface area (Å²) in [6.45, 7) is 4.85. The van der Waals surface area contributed by atoms with E-state index in [0.29, 0.717) is 18.2 Å². The van der Waals surface area contributed by atoms with Gasteiger partial charge in [-0.15, -0.1) is 11.3 Å². The Labute approximate surface area is 142 Å². The topological polar surface area (TPSA) is 45.2 Å². The fourth-order valence-corrected chi connectivity index (χ4v) is 3.91. The number of nitrogens with zero attached hydrogens (tertiary/aromatic N) is 2. The minimum Gasteiger partial charge on any atom is -0.350 e. The molecule has 0 spiro atoms. The molecule has 0 bridgehead atoms. The standard InChI is InChI=1S/C16H18BrN3OS/c1-11(20-4-2-15-12(10-20)3-5-22-15)7-19-16(21)13-6-14(17)9-18-8-13/h3,5-6,8-9,11H,2,4,7,10H2,1H3,(H,19,21)/t11-/m0/s1. The summed E-state index contributed by atoms with van der Waals surface area (Å²) in [6.07, 6.45) is 4.37. The van der Waals surface area contributed by atoms with E-state index < -0.39 is 0 Å². The minimum atomic E-state index is -0.0751. The third-order valence-corrected chi connectivity index (χ3v) is 5.44. The van der Waals surface area contributed by atoms with Gasteiger partial charge in [-0.1, -0.05) is 0 Å². The maximum Gasteiger partial charge on any atom is 0.252 e. The summed E-state index contributed by atoms with van der Waals surface area (Å²) < 4.78 is 0.814. The summed E-state index contributed by atoms with van der Waals surface area (Å²) in [6, 6.07) is 4.31. The van der Waals surface area contributed by atoms with Crippen LogP contribution in [0.25, 0.3) is 0 Å². The number of hydrogen-bond acceptors (Lipinski definition) is 4. The number of halogens is 1. The van der Waals surface area contributed by atoms with Crippen LogP contribution in [0.1, 0.15) is 27.7 Å². The quantitative estimate of drug-likeness (QED) is 0.887. The van der Waals surface area contributed by atoms with Gasteiger partial charge >= 0.3 is 0 Å². The molecule has 22 heavy (non-hydrogen) atoms. The SMILES string of the molecule is C[C@@H](CNC(=O)c1cncc(Br)c1)N1CCc2sccc2C1. The number of aromatic nitrogens is 1. The molecule has 0 aromatic carbocycles.